The van der Waals surface area contributed by atoms with Crippen LogP contribution in [0.2, 0.25) is 0 Å². The SMILES string of the molecule is Cc1oc(-c2ccc(F)cc2F)nc1CN(C)Cc1nc(-c2ccccc2)no1. The fourth-order valence-electron chi connectivity index (χ4n) is 2.92. The van der Waals surface area contributed by atoms with Crippen molar-refractivity contribution in [1.82, 2.24) is 20.0 Å². The van der Waals surface area contributed by atoms with Gasteiger partial charge in [-0.15, -0.1) is 0 Å². The van der Waals surface area contributed by atoms with Crippen LogP contribution in [0.1, 0.15) is 17.3 Å². The van der Waals surface area contributed by atoms with Gasteiger partial charge in [-0.25, -0.2) is 13.8 Å². The van der Waals surface area contributed by atoms with Crippen molar-refractivity contribution >= 4 is 0 Å². The first-order valence-electron chi connectivity index (χ1n) is 8.98. The molecule has 0 bridgehead atoms. The van der Waals surface area contributed by atoms with Crippen molar-refractivity contribution in [3.05, 3.63) is 77.5 Å². The fraction of sp³-hybridized carbons (Fsp3) is 0.190. The molecule has 6 nitrogen and oxygen atoms in total. The standard InChI is InChI=1S/C21H18F2N4O2/c1-13-18(24-21(28-13)16-9-8-15(22)10-17(16)23)11-27(2)12-19-25-20(26-29-19)14-6-4-3-5-7-14/h3-10H,11-12H2,1-2H3. The highest BCUT2D eigenvalue weighted by atomic mass is 19.1. The van der Waals surface area contributed by atoms with Crippen molar-refractivity contribution in [1.29, 1.82) is 0 Å². The number of aryl methyl sites for hydroxylation is 1. The molecule has 2 heterocycles. The van der Waals surface area contributed by atoms with E-state index in [0.717, 1.165) is 11.6 Å². The van der Waals surface area contributed by atoms with E-state index in [1.807, 2.05) is 42.3 Å². The summed E-state index contributed by atoms with van der Waals surface area (Å²) in [5.74, 6) is 0.311. The van der Waals surface area contributed by atoms with Gasteiger partial charge in [0.15, 0.2) is 0 Å². The number of hydrogen-bond donors (Lipinski definition) is 0. The molecule has 0 saturated heterocycles. The maximum atomic E-state index is 14.0. The molecule has 2 aromatic heterocycles. The van der Waals surface area contributed by atoms with E-state index in [9.17, 15) is 8.78 Å². The minimum absolute atomic E-state index is 0.118. The summed E-state index contributed by atoms with van der Waals surface area (Å²) in [5, 5.41) is 4.01. The maximum Gasteiger partial charge on any atom is 0.241 e. The summed E-state index contributed by atoms with van der Waals surface area (Å²) in [5.41, 5.74) is 1.64. The van der Waals surface area contributed by atoms with Gasteiger partial charge in [-0.2, -0.15) is 4.98 Å². The van der Waals surface area contributed by atoms with E-state index in [1.165, 1.54) is 12.1 Å². The zero-order valence-corrected chi connectivity index (χ0v) is 15.9. The normalized spacial score (nSPS) is 11.3. The van der Waals surface area contributed by atoms with Gasteiger partial charge in [-0.3, -0.25) is 4.90 Å². The summed E-state index contributed by atoms with van der Waals surface area (Å²) in [6.45, 7) is 2.59. The molecule has 0 atom stereocenters. The third-order valence-corrected chi connectivity index (χ3v) is 4.38. The summed E-state index contributed by atoms with van der Waals surface area (Å²) in [6, 6.07) is 12.8. The van der Waals surface area contributed by atoms with Crippen LogP contribution in [0, 0.1) is 18.6 Å². The van der Waals surface area contributed by atoms with E-state index in [4.69, 9.17) is 8.94 Å². The molecule has 0 radical (unpaired) electrons. The Morgan fingerprint density at radius 3 is 2.55 bits per heavy atom. The van der Waals surface area contributed by atoms with Crippen LogP contribution < -0.4 is 0 Å². The molecule has 2 aromatic carbocycles. The highest BCUT2D eigenvalue weighted by Crippen LogP contribution is 2.25. The quantitative estimate of drug-likeness (QED) is 0.474. The Labute approximate surface area is 165 Å². The number of hydrogen-bond acceptors (Lipinski definition) is 6. The molecule has 4 aromatic rings. The molecule has 0 aliphatic carbocycles. The molecule has 0 amide bonds. The average Bonchev–Trinajstić information content (AvgIpc) is 3.29. The van der Waals surface area contributed by atoms with Crippen LogP contribution in [0.4, 0.5) is 8.78 Å². The van der Waals surface area contributed by atoms with E-state index in [-0.39, 0.29) is 11.5 Å². The molecule has 0 unspecified atom stereocenters. The van der Waals surface area contributed by atoms with Crippen molar-refractivity contribution < 1.29 is 17.7 Å². The second-order valence-corrected chi connectivity index (χ2v) is 6.70. The van der Waals surface area contributed by atoms with Crippen LogP contribution in [0.5, 0.6) is 0 Å². The predicted molar refractivity (Wildman–Crippen MR) is 101 cm³/mol. The third-order valence-electron chi connectivity index (χ3n) is 4.38. The number of aromatic nitrogens is 3. The van der Waals surface area contributed by atoms with Crippen molar-refractivity contribution in [2.24, 2.45) is 0 Å². The second kappa shape index (κ2) is 7.92. The fourth-order valence-corrected chi connectivity index (χ4v) is 2.92. The minimum Gasteiger partial charge on any atom is -0.441 e. The smallest absolute Gasteiger partial charge is 0.241 e. The molecule has 8 heteroatoms. The zero-order chi connectivity index (χ0) is 20.4. The van der Waals surface area contributed by atoms with E-state index >= 15 is 0 Å². The molecule has 0 aliphatic heterocycles. The van der Waals surface area contributed by atoms with Gasteiger partial charge in [-0.1, -0.05) is 35.5 Å². The van der Waals surface area contributed by atoms with Gasteiger partial charge in [-0.05, 0) is 26.1 Å². The highest BCUT2D eigenvalue weighted by Gasteiger charge is 2.18. The summed E-state index contributed by atoms with van der Waals surface area (Å²) >= 11 is 0. The Kier molecular flexibility index (Phi) is 5.18. The summed E-state index contributed by atoms with van der Waals surface area (Å²) < 4.78 is 38.0. The van der Waals surface area contributed by atoms with Gasteiger partial charge in [0, 0.05) is 18.2 Å². The van der Waals surface area contributed by atoms with Gasteiger partial charge in [0.25, 0.3) is 0 Å². The average molecular weight is 396 g/mol. The molecule has 0 saturated carbocycles. The van der Waals surface area contributed by atoms with Crippen LogP contribution in [-0.2, 0) is 13.1 Å². The Bertz CT molecular complexity index is 1120. The van der Waals surface area contributed by atoms with Gasteiger partial charge in [0.2, 0.25) is 17.6 Å². The lowest BCUT2D eigenvalue weighted by molar-refractivity contribution is 0.258. The van der Waals surface area contributed by atoms with Crippen LogP contribution in [0.25, 0.3) is 22.8 Å². The predicted octanol–water partition coefficient (Wildman–Crippen LogP) is 4.61. The van der Waals surface area contributed by atoms with Gasteiger partial charge in [0.1, 0.15) is 17.4 Å². The van der Waals surface area contributed by atoms with E-state index in [2.05, 4.69) is 15.1 Å². The van der Waals surface area contributed by atoms with E-state index < -0.39 is 11.6 Å². The minimum atomic E-state index is -0.717. The molecule has 0 fully saturated rings. The van der Waals surface area contributed by atoms with Crippen molar-refractivity contribution in [3.63, 3.8) is 0 Å². The Hall–Kier alpha value is -3.39. The number of rotatable bonds is 6. The van der Waals surface area contributed by atoms with Gasteiger partial charge >= 0.3 is 0 Å². The number of oxazole rings is 1. The molecule has 29 heavy (non-hydrogen) atoms. The monoisotopic (exact) mass is 396 g/mol. The maximum absolute atomic E-state index is 14.0. The Balaban J connectivity index is 1.46. The molecule has 148 valence electrons. The lowest BCUT2D eigenvalue weighted by Crippen LogP contribution is -2.18. The van der Waals surface area contributed by atoms with Crippen molar-refractivity contribution in [2.45, 2.75) is 20.0 Å². The summed E-state index contributed by atoms with van der Waals surface area (Å²) in [6.07, 6.45) is 0. The number of halogens is 2. The van der Waals surface area contributed by atoms with Crippen LogP contribution in [-0.4, -0.2) is 27.1 Å². The van der Waals surface area contributed by atoms with E-state index in [0.29, 0.717) is 36.3 Å². The van der Waals surface area contributed by atoms with Crippen LogP contribution >= 0.6 is 0 Å². The van der Waals surface area contributed by atoms with Crippen molar-refractivity contribution in [3.8, 4) is 22.8 Å². The second-order valence-electron chi connectivity index (χ2n) is 6.70. The van der Waals surface area contributed by atoms with Gasteiger partial charge < -0.3 is 8.94 Å². The van der Waals surface area contributed by atoms with Crippen LogP contribution in [0.3, 0.4) is 0 Å². The van der Waals surface area contributed by atoms with Crippen molar-refractivity contribution in [2.75, 3.05) is 7.05 Å². The third kappa shape index (κ3) is 4.22. The molecular formula is C21H18F2N4O2. The number of nitrogens with zero attached hydrogens (tertiary/aromatic N) is 4. The molecule has 0 spiro atoms. The molecular weight excluding hydrogens is 378 g/mol. The van der Waals surface area contributed by atoms with E-state index in [1.54, 1.807) is 6.92 Å². The van der Waals surface area contributed by atoms with Gasteiger partial charge in [0.05, 0.1) is 17.8 Å². The lowest BCUT2D eigenvalue weighted by atomic mass is 10.2. The molecule has 4 rings (SSSR count). The topological polar surface area (TPSA) is 68.2 Å². The van der Waals surface area contributed by atoms with Crippen LogP contribution in [0.15, 0.2) is 57.5 Å². The highest BCUT2D eigenvalue weighted by molar-refractivity contribution is 5.55. The lowest BCUT2D eigenvalue weighted by Gasteiger charge is -2.12. The Morgan fingerprint density at radius 2 is 1.79 bits per heavy atom. The number of benzene rings is 2. The summed E-state index contributed by atoms with van der Waals surface area (Å²) in [4.78, 5) is 10.7. The summed E-state index contributed by atoms with van der Waals surface area (Å²) in [7, 11) is 1.87. The first-order valence-corrected chi connectivity index (χ1v) is 8.98. The first-order chi connectivity index (χ1) is 14.0. The first kappa shape index (κ1) is 18.9. The molecule has 0 aliphatic rings. The Morgan fingerprint density at radius 1 is 1.00 bits per heavy atom. The zero-order valence-electron chi connectivity index (χ0n) is 15.9. The largest absolute Gasteiger partial charge is 0.441 e. The molecule has 0 N–H and O–H groups in total.